The van der Waals surface area contributed by atoms with Crippen LogP contribution in [0.2, 0.25) is 0 Å². The molecule has 0 unspecified atom stereocenters. The number of non-ortho nitro benzene ring substituents is 1. The van der Waals surface area contributed by atoms with Crippen molar-refractivity contribution in [1.82, 2.24) is 9.78 Å². The van der Waals surface area contributed by atoms with Crippen LogP contribution in [0.15, 0.2) is 29.1 Å². The number of nitrogens with zero attached hydrogens (tertiary/aromatic N) is 2. The van der Waals surface area contributed by atoms with Gasteiger partial charge in [0.2, 0.25) is 5.91 Å². The summed E-state index contributed by atoms with van der Waals surface area (Å²) in [5.74, 6) is 2.53. The van der Waals surface area contributed by atoms with Crippen molar-refractivity contribution in [2.24, 2.45) is 0 Å². The van der Waals surface area contributed by atoms with Gasteiger partial charge in [-0.3, -0.25) is 29.5 Å². The number of carbonyl (C=O) groups excluding carboxylic acids is 1. The van der Waals surface area contributed by atoms with Gasteiger partial charge in [-0.15, -0.1) is 11.8 Å². The van der Waals surface area contributed by atoms with Crippen molar-refractivity contribution in [3.63, 3.8) is 0 Å². The molecule has 0 spiro atoms. The van der Waals surface area contributed by atoms with Crippen molar-refractivity contribution < 1.29 is 9.72 Å². The van der Waals surface area contributed by atoms with Gasteiger partial charge in [0.15, 0.2) is 0 Å². The summed E-state index contributed by atoms with van der Waals surface area (Å²) in [6.45, 7) is 0. The maximum absolute atomic E-state index is 12.8. The highest BCUT2D eigenvalue weighted by Crippen LogP contribution is 2.42. The first-order valence-corrected chi connectivity index (χ1v) is 10.8. The zero-order chi connectivity index (χ0) is 19.0. The van der Waals surface area contributed by atoms with E-state index < -0.39 is 10.2 Å². The largest absolute Gasteiger partial charge is 0.310 e. The average molecular weight is 406 g/mol. The smallest absolute Gasteiger partial charge is 0.270 e. The van der Waals surface area contributed by atoms with Gasteiger partial charge in [0.25, 0.3) is 11.2 Å². The predicted molar refractivity (Wildman–Crippen MR) is 107 cm³/mol. The second-order valence-corrected chi connectivity index (χ2v) is 8.83. The maximum atomic E-state index is 12.8. The second-order valence-electron chi connectivity index (χ2n) is 6.51. The molecule has 2 aromatic rings. The number of aromatic amines is 1. The number of aromatic nitrogens is 2. The molecule has 2 N–H and O–H groups in total. The summed E-state index contributed by atoms with van der Waals surface area (Å²) in [5, 5.41) is 16.5. The Balaban J connectivity index is 1.82. The molecule has 1 atom stereocenters. The molecular weight excluding hydrogens is 388 g/mol. The van der Waals surface area contributed by atoms with Gasteiger partial charge in [-0.05, 0) is 29.9 Å². The van der Waals surface area contributed by atoms with E-state index in [0.29, 0.717) is 16.9 Å². The van der Waals surface area contributed by atoms with E-state index in [2.05, 4.69) is 10.4 Å². The van der Waals surface area contributed by atoms with Crippen LogP contribution < -0.4 is 10.9 Å². The van der Waals surface area contributed by atoms with E-state index in [1.807, 2.05) is 11.8 Å². The first kappa shape index (κ1) is 18.2. The number of nitro groups is 1. The first-order chi connectivity index (χ1) is 13.0. The molecule has 1 fully saturated rings. The van der Waals surface area contributed by atoms with Gasteiger partial charge >= 0.3 is 0 Å². The zero-order valence-electron chi connectivity index (χ0n) is 14.3. The number of H-pyrrole nitrogens is 1. The highest BCUT2D eigenvalue weighted by Gasteiger charge is 2.33. The number of nitro benzene ring substituents is 1. The van der Waals surface area contributed by atoms with Crippen molar-refractivity contribution in [1.29, 1.82) is 0 Å². The lowest BCUT2D eigenvalue weighted by Gasteiger charge is -2.24. The van der Waals surface area contributed by atoms with E-state index >= 15 is 0 Å². The normalized spacial score (nSPS) is 20.6. The number of thioether (sulfide) groups is 2. The summed E-state index contributed by atoms with van der Waals surface area (Å²) < 4.78 is 1.80. The number of amides is 1. The quantitative estimate of drug-likeness (QED) is 0.599. The van der Waals surface area contributed by atoms with Crippen LogP contribution in [0.4, 0.5) is 11.5 Å². The van der Waals surface area contributed by atoms with E-state index in [-0.39, 0.29) is 28.9 Å². The maximum Gasteiger partial charge on any atom is 0.270 e. The summed E-state index contributed by atoms with van der Waals surface area (Å²) in [6.07, 6.45) is 1.85. The Kier molecular flexibility index (Phi) is 5.00. The fourth-order valence-electron chi connectivity index (χ4n) is 3.53. The number of anilines is 1. The molecule has 4 rings (SSSR count). The standard InChI is InChI=1S/C17H18N4O4S2/c22-13-9-27-15(10-2-1-3-12(8-10)21(24)25)14-16(18-13)20(19-17(14)23)11-4-6-26-7-5-11/h1-3,8,11,15H,4-7,9H2,(H,18,22)(H,19,23)/t15-/m1/s1. The summed E-state index contributed by atoms with van der Waals surface area (Å²) >= 11 is 3.19. The van der Waals surface area contributed by atoms with E-state index in [9.17, 15) is 19.7 Å². The average Bonchev–Trinajstić information content (AvgIpc) is 2.88. The minimum atomic E-state index is -0.454. The fourth-order valence-corrected chi connectivity index (χ4v) is 5.72. The third-order valence-corrected chi connectivity index (χ3v) is 7.12. The number of nitrogens with one attached hydrogen (secondary N) is 2. The summed E-state index contributed by atoms with van der Waals surface area (Å²) in [6, 6.07) is 6.41. The van der Waals surface area contributed by atoms with Crippen molar-refractivity contribution in [2.45, 2.75) is 24.1 Å². The van der Waals surface area contributed by atoms with Crippen LogP contribution >= 0.6 is 23.5 Å². The summed E-state index contributed by atoms with van der Waals surface area (Å²) in [4.78, 5) is 35.8. The molecule has 2 aliphatic rings. The summed E-state index contributed by atoms with van der Waals surface area (Å²) in [5.41, 5.74) is 0.826. The van der Waals surface area contributed by atoms with Crippen LogP contribution in [0.25, 0.3) is 0 Å². The molecule has 142 valence electrons. The molecule has 2 aliphatic heterocycles. The van der Waals surface area contributed by atoms with Gasteiger partial charge < -0.3 is 5.32 Å². The first-order valence-electron chi connectivity index (χ1n) is 8.62. The van der Waals surface area contributed by atoms with Crippen molar-refractivity contribution in [3.8, 4) is 0 Å². The minimum absolute atomic E-state index is 0.0293. The van der Waals surface area contributed by atoms with E-state index in [1.165, 1.54) is 23.9 Å². The predicted octanol–water partition coefficient (Wildman–Crippen LogP) is 2.93. The molecule has 0 bridgehead atoms. The number of rotatable bonds is 3. The number of hydrogen-bond donors (Lipinski definition) is 2. The molecule has 0 radical (unpaired) electrons. The van der Waals surface area contributed by atoms with Gasteiger partial charge in [-0.1, -0.05) is 12.1 Å². The lowest BCUT2D eigenvalue weighted by atomic mass is 10.1. The minimum Gasteiger partial charge on any atom is -0.310 e. The lowest BCUT2D eigenvalue weighted by molar-refractivity contribution is -0.384. The van der Waals surface area contributed by atoms with E-state index in [0.717, 1.165) is 24.3 Å². The zero-order valence-corrected chi connectivity index (χ0v) is 16.0. The number of hydrogen-bond acceptors (Lipinski definition) is 6. The van der Waals surface area contributed by atoms with E-state index in [1.54, 1.807) is 16.8 Å². The molecule has 1 saturated heterocycles. The van der Waals surface area contributed by atoms with Gasteiger partial charge in [-0.2, -0.15) is 11.8 Å². The molecule has 27 heavy (non-hydrogen) atoms. The third kappa shape index (κ3) is 3.51. The topological polar surface area (TPSA) is 110 Å². The molecule has 1 amide bonds. The third-order valence-electron chi connectivity index (χ3n) is 4.80. The Hall–Kier alpha value is -2.20. The number of carbonyl (C=O) groups is 1. The Morgan fingerprint density at radius 3 is 2.74 bits per heavy atom. The molecular formula is C17H18N4O4S2. The Bertz CT molecular complexity index is 949. The van der Waals surface area contributed by atoms with E-state index in [4.69, 9.17) is 0 Å². The Labute approximate surface area is 163 Å². The van der Waals surface area contributed by atoms with Crippen LogP contribution in [0.5, 0.6) is 0 Å². The SMILES string of the molecule is O=C1CS[C@H](c2cccc([N+](=O)[O-])c2)c2c(n(C3CCSCC3)[nH]c2=O)N1. The van der Waals surface area contributed by atoms with Crippen LogP contribution in [0, 0.1) is 10.1 Å². The van der Waals surface area contributed by atoms with Gasteiger partial charge in [0.1, 0.15) is 5.82 Å². The number of fused-ring (bicyclic) bond motifs is 1. The molecule has 3 heterocycles. The molecule has 10 heteroatoms. The van der Waals surface area contributed by atoms with Crippen LogP contribution in [-0.4, -0.2) is 37.9 Å². The van der Waals surface area contributed by atoms with Gasteiger partial charge in [0.05, 0.1) is 27.5 Å². The summed E-state index contributed by atoms with van der Waals surface area (Å²) in [7, 11) is 0. The van der Waals surface area contributed by atoms with Crippen LogP contribution in [0.1, 0.15) is 35.3 Å². The van der Waals surface area contributed by atoms with Crippen molar-refractivity contribution in [3.05, 3.63) is 55.9 Å². The molecule has 1 aromatic carbocycles. The van der Waals surface area contributed by atoms with Crippen molar-refractivity contribution in [2.75, 3.05) is 22.6 Å². The number of benzene rings is 1. The Morgan fingerprint density at radius 2 is 2.00 bits per heavy atom. The van der Waals surface area contributed by atoms with Gasteiger partial charge in [-0.25, -0.2) is 0 Å². The lowest BCUT2D eigenvalue weighted by Crippen LogP contribution is -2.22. The second kappa shape index (κ2) is 7.43. The monoisotopic (exact) mass is 406 g/mol. The molecule has 0 aliphatic carbocycles. The Morgan fingerprint density at radius 1 is 1.22 bits per heavy atom. The molecule has 0 saturated carbocycles. The van der Waals surface area contributed by atoms with Gasteiger partial charge in [0, 0.05) is 12.1 Å². The molecule has 8 nitrogen and oxygen atoms in total. The van der Waals surface area contributed by atoms with Crippen LogP contribution in [-0.2, 0) is 4.79 Å². The highest BCUT2D eigenvalue weighted by molar-refractivity contribution is 8.00. The van der Waals surface area contributed by atoms with Crippen molar-refractivity contribution >= 4 is 40.9 Å². The molecule has 1 aromatic heterocycles. The highest BCUT2D eigenvalue weighted by atomic mass is 32.2. The fraction of sp³-hybridized carbons (Fsp3) is 0.412. The van der Waals surface area contributed by atoms with Crippen LogP contribution in [0.3, 0.4) is 0 Å².